The van der Waals surface area contributed by atoms with Crippen LogP contribution in [0.15, 0.2) is 35.3 Å². The van der Waals surface area contributed by atoms with Gasteiger partial charge >= 0.3 is 0 Å². The first-order valence-electron chi connectivity index (χ1n) is 6.78. The van der Waals surface area contributed by atoms with Gasteiger partial charge in [-0.3, -0.25) is 4.99 Å². The first-order chi connectivity index (χ1) is 11.0. The fraction of sp³-hybridized carbons (Fsp3) is 0.188. The number of nitrogens with zero attached hydrogens (tertiary/aromatic N) is 1. The van der Waals surface area contributed by atoms with Crippen LogP contribution in [0.5, 0.6) is 5.75 Å². The highest BCUT2D eigenvalue weighted by Gasteiger charge is 2.15. The Labute approximate surface area is 170 Å². The van der Waals surface area contributed by atoms with Crippen molar-refractivity contribution in [2.45, 2.75) is 6.61 Å². The Morgan fingerprint density at radius 3 is 2.57 bits per heavy atom. The van der Waals surface area contributed by atoms with Crippen LogP contribution in [0.3, 0.4) is 0 Å². The highest BCUT2D eigenvalue weighted by atomic mass is 127. The molecule has 1 aliphatic heterocycles. The molecule has 0 N–H and O–H groups in total. The number of hydrogen-bond acceptors (Lipinski definition) is 3. The van der Waals surface area contributed by atoms with Gasteiger partial charge in [0.25, 0.3) is 0 Å². The van der Waals surface area contributed by atoms with Crippen LogP contribution in [0.4, 0.5) is 4.39 Å². The lowest BCUT2D eigenvalue weighted by molar-refractivity contribution is 0.301. The van der Waals surface area contributed by atoms with Gasteiger partial charge in [-0.2, -0.15) is 0 Å². The average Bonchev–Trinajstić information content (AvgIpc) is 3.02. The smallest absolute Gasteiger partial charge is 0.146 e. The highest BCUT2D eigenvalue weighted by Crippen LogP contribution is 2.32. The standard InChI is InChI=1S/C16H11ClFI2NOS/c17-12-7-11(18)2-1-9(12)8-22-15-13(19)5-10(6-14(15)20)16-21-3-4-23-16/h1-2,5-7H,3-4,8H2. The molecule has 0 aliphatic carbocycles. The van der Waals surface area contributed by atoms with Gasteiger partial charge in [0.1, 0.15) is 18.2 Å². The van der Waals surface area contributed by atoms with E-state index in [-0.39, 0.29) is 5.82 Å². The van der Waals surface area contributed by atoms with Gasteiger partial charge < -0.3 is 4.74 Å². The molecule has 0 saturated carbocycles. The molecule has 0 atom stereocenters. The quantitative estimate of drug-likeness (QED) is 0.434. The number of aliphatic imine (C=N–C) groups is 1. The summed E-state index contributed by atoms with van der Waals surface area (Å²) >= 11 is 12.4. The highest BCUT2D eigenvalue weighted by molar-refractivity contribution is 14.1. The van der Waals surface area contributed by atoms with E-state index in [0.717, 1.165) is 41.4 Å². The molecular weight excluding hydrogens is 563 g/mol. The van der Waals surface area contributed by atoms with E-state index < -0.39 is 0 Å². The van der Waals surface area contributed by atoms with Gasteiger partial charge in [0, 0.05) is 23.4 Å². The van der Waals surface area contributed by atoms with Crippen LogP contribution in [0, 0.1) is 13.0 Å². The van der Waals surface area contributed by atoms with Crippen LogP contribution >= 0.6 is 68.5 Å². The molecule has 0 unspecified atom stereocenters. The molecule has 2 nitrogen and oxygen atoms in total. The number of halogens is 4. The Morgan fingerprint density at radius 2 is 1.96 bits per heavy atom. The van der Waals surface area contributed by atoms with E-state index in [1.807, 2.05) is 0 Å². The fourth-order valence-electron chi connectivity index (χ4n) is 2.12. The summed E-state index contributed by atoms with van der Waals surface area (Å²) in [5, 5.41) is 1.47. The maximum atomic E-state index is 13.1. The van der Waals surface area contributed by atoms with Crippen molar-refractivity contribution >= 4 is 73.6 Å². The van der Waals surface area contributed by atoms with Gasteiger partial charge in [-0.25, -0.2) is 4.39 Å². The topological polar surface area (TPSA) is 21.6 Å². The van der Waals surface area contributed by atoms with Crippen molar-refractivity contribution in [1.29, 1.82) is 0 Å². The van der Waals surface area contributed by atoms with E-state index in [9.17, 15) is 4.39 Å². The van der Waals surface area contributed by atoms with Crippen LogP contribution in [-0.2, 0) is 6.61 Å². The third-order valence-electron chi connectivity index (χ3n) is 3.22. The van der Waals surface area contributed by atoms with Gasteiger partial charge in [0.15, 0.2) is 0 Å². The predicted octanol–water partition coefficient (Wildman–Crippen LogP) is 5.76. The van der Waals surface area contributed by atoms with Crippen molar-refractivity contribution in [2.24, 2.45) is 4.99 Å². The molecule has 0 bridgehead atoms. The third-order valence-corrected chi connectivity index (χ3v) is 6.20. The molecule has 0 fully saturated rings. The Kier molecular flexibility index (Phi) is 6.08. The molecule has 2 aromatic rings. The molecule has 1 aliphatic rings. The van der Waals surface area contributed by atoms with Crippen LogP contribution in [0.1, 0.15) is 11.1 Å². The van der Waals surface area contributed by atoms with Gasteiger partial charge in [-0.15, -0.1) is 11.8 Å². The number of ether oxygens (including phenoxy) is 1. The van der Waals surface area contributed by atoms with Crippen LogP contribution in [0.25, 0.3) is 0 Å². The second kappa shape index (κ2) is 7.88. The van der Waals surface area contributed by atoms with Crippen molar-refractivity contribution in [1.82, 2.24) is 0 Å². The third kappa shape index (κ3) is 4.32. The maximum absolute atomic E-state index is 13.1. The minimum atomic E-state index is -0.345. The monoisotopic (exact) mass is 573 g/mol. The first kappa shape index (κ1) is 17.8. The summed E-state index contributed by atoms with van der Waals surface area (Å²) in [6.45, 7) is 1.19. The molecule has 3 rings (SSSR count). The molecule has 0 spiro atoms. The zero-order chi connectivity index (χ0) is 16.4. The molecule has 0 saturated heterocycles. The molecule has 1 heterocycles. The van der Waals surface area contributed by atoms with Gasteiger partial charge in [-0.05, 0) is 69.4 Å². The van der Waals surface area contributed by atoms with E-state index in [1.165, 1.54) is 12.1 Å². The normalized spacial score (nSPS) is 14.0. The van der Waals surface area contributed by atoms with E-state index in [2.05, 4.69) is 62.3 Å². The van der Waals surface area contributed by atoms with E-state index in [1.54, 1.807) is 17.8 Å². The predicted molar refractivity (Wildman–Crippen MR) is 111 cm³/mol. The summed E-state index contributed by atoms with van der Waals surface area (Å²) in [7, 11) is 0. The fourth-order valence-corrected chi connectivity index (χ4v) is 5.26. The Hall–Kier alpha value is -0.0600. The van der Waals surface area contributed by atoms with Gasteiger partial charge in [0.05, 0.1) is 17.2 Å². The number of benzene rings is 2. The molecule has 2 aromatic carbocycles. The van der Waals surface area contributed by atoms with Crippen molar-refractivity contribution in [3.8, 4) is 5.75 Å². The molecule has 0 aromatic heterocycles. The van der Waals surface area contributed by atoms with Crippen molar-refractivity contribution in [3.63, 3.8) is 0 Å². The molecule has 120 valence electrons. The zero-order valence-electron chi connectivity index (χ0n) is 11.8. The Morgan fingerprint density at radius 1 is 1.22 bits per heavy atom. The summed E-state index contributed by atoms with van der Waals surface area (Å²) in [6.07, 6.45) is 0. The van der Waals surface area contributed by atoms with Crippen molar-refractivity contribution < 1.29 is 9.13 Å². The lowest BCUT2D eigenvalue weighted by Gasteiger charge is -2.13. The minimum absolute atomic E-state index is 0.306. The van der Waals surface area contributed by atoms with E-state index in [4.69, 9.17) is 16.3 Å². The minimum Gasteiger partial charge on any atom is -0.487 e. The second-order valence-electron chi connectivity index (χ2n) is 4.83. The number of hydrogen-bond donors (Lipinski definition) is 0. The van der Waals surface area contributed by atoms with Crippen molar-refractivity contribution in [2.75, 3.05) is 12.3 Å². The summed E-state index contributed by atoms with van der Waals surface area (Å²) in [5.41, 5.74) is 1.90. The summed E-state index contributed by atoms with van der Waals surface area (Å²) in [6, 6.07) is 8.51. The van der Waals surface area contributed by atoms with Crippen molar-refractivity contribution in [3.05, 3.63) is 59.4 Å². The SMILES string of the molecule is Fc1ccc(COc2c(I)cc(C3=NCCS3)cc2I)c(Cl)c1. The number of thioether (sulfide) groups is 1. The Balaban J connectivity index is 1.80. The molecule has 0 amide bonds. The number of rotatable bonds is 4. The van der Waals surface area contributed by atoms with E-state index in [0.29, 0.717) is 11.6 Å². The largest absolute Gasteiger partial charge is 0.487 e. The first-order valence-corrected chi connectivity index (χ1v) is 10.3. The van der Waals surface area contributed by atoms with Gasteiger partial charge in [0.2, 0.25) is 0 Å². The molecule has 7 heteroatoms. The Bertz CT molecular complexity index is 762. The molecule has 23 heavy (non-hydrogen) atoms. The molecule has 0 radical (unpaired) electrons. The van der Waals surface area contributed by atoms with Crippen LogP contribution < -0.4 is 4.74 Å². The average molecular weight is 574 g/mol. The molecular formula is C16H11ClFI2NOS. The summed E-state index contributed by atoms with van der Waals surface area (Å²) in [4.78, 5) is 4.51. The van der Waals surface area contributed by atoms with E-state index >= 15 is 0 Å². The van der Waals surface area contributed by atoms with Crippen LogP contribution in [0.2, 0.25) is 5.02 Å². The lowest BCUT2D eigenvalue weighted by atomic mass is 10.2. The zero-order valence-corrected chi connectivity index (χ0v) is 17.7. The lowest BCUT2D eigenvalue weighted by Crippen LogP contribution is -2.02. The summed E-state index contributed by atoms with van der Waals surface area (Å²) < 4.78 is 21.1. The maximum Gasteiger partial charge on any atom is 0.146 e. The van der Waals surface area contributed by atoms with Gasteiger partial charge in [-0.1, -0.05) is 17.7 Å². The van der Waals surface area contributed by atoms with Crippen LogP contribution in [-0.4, -0.2) is 17.3 Å². The second-order valence-corrected chi connectivity index (χ2v) is 8.64. The summed E-state index contributed by atoms with van der Waals surface area (Å²) in [5.74, 6) is 1.52.